The Balaban J connectivity index is 2.67. The van der Waals surface area contributed by atoms with Gasteiger partial charge in [0.05, 0.1) is 18.5 Å². The summed E-state index contributed by atoms with van der Waals surface area (Å²) in [6, 6.07) is 1.84. The number of carbonyl (C=O) groups is 1. The monoisotopic (exact) mass is 338 g/mol. The number of nitrogens with one attached hydrogen (secondary N) is 1. The molecular formula is C18H30N2O4. The van der Waals surface area contributed by atoms with Crippen molar-refractivity contribution in [2.45, 2.75) is 53.1 Å². The van der Waals surface area contributed by atoms with Gasteiger partial charge in [0.25, 0.3) is 5.91 Å². The van der Waals surface area contributed by atoms with Crippen molar-refractivity contribution in [2.75, 3.05) is 31.7 Å². The molecule has 1 heterocycles. The topological polar surface area (TPSA) is 69.7 Å². The van der Waals surface area contributed by atoms with Gasteiger partial charge >= 0.3 is 0 Å². The van der Waals surface area contributed by atoms with Crippen LogP contribution in [0.2, 0.25) is 0 Å². The van der Waals surface area contributed by atoms with E-state index in [-0.39, 0.29) is 5.91 Å². The second kappa shape index (κ2) is 10.3. The number of aryl methyl sites for hydroxylation is 1. The van der Waals surface area contributed by atoms with Crippen LogP contribution in [0.3, 0.4) is 0 Å². The number of aromatic nitrogens is 1. The van der Waals surface area contributed by atoms with Gasteiger partial charge in [-0.2, -0.15) is 0 Å². The van der Waals surface area contributed by atoms with Gasteiger partial charge in [0.15, 0.2) is 0 Å². The number of ether oxygens (including phenoxy) is 3. The van der Waals surface area contributed by atoms with Crippen LogP contribution in [0, 0.1) is 6.92 Å². The van der Waals surface area contributed by atoms with Gasteiger partial charge < -0.3 is 19.5 Å². The molecule has 0 unspecified atom stereocenters. The van der Waals surface area contributed by atoms with Gasteiger partial charge in [0, 0.05) is 18.8 Å². The summed E-state index contributed by atoms with van der Waals surface area (Å²) in [5.41, 5.74) is 0.655. The summed E-state index contributed by atoms with van der Waals surface area (Å²) in [7, 11) is 0. The van der Waals surface area contributed by atoms with Crippen molar-refractivity contribution in [3.63, 3.8) is 0 Å². The number of hydrogen-bond donors (Lipinski definition) is 1. The van der Waals surface area contributed by atoms with Crippen molar-refractivity contribution < 1.29 is 19.0 Å². The predicted molar refractivity (Wildman–Crippen MR) is 94.5 cm³/mol. The zero-order valence-electron chi connectivity index (χ0n) is 15.5. The second-order valence-corrected chi connectivity index (χ2v) is 5.78. The van der Waals surface area contributed by atoms with Gasteiger partial charge in [-0.05, 0) is 39.7 Å². The van der Waals surface area contributed by atoms with Crippen LogP contribution >= 0.6 is 0 Å². The van der Waals surface area contributed by atoms with E-state index in [2.05, 4.69) is 10.3 Å². The highest BCUT2D eigenvalue weighted by molar-refractivity contribution is 5.97. The minimum Gasteiger partial charge on any atom is -0.475 e. The maximum absolute atomic E-state index is 12.5. The number of rotatable bonds is 11. The molecular weight excluding hydrogens is 308 g/mol. The van der Waals surface area contributed by atoms with Crippen molar-refractivity contribution in [1.82, 2.24) is 4.98 Å². The molecule has 1 amide bonds. The summed E-state index contributed by atoms with van der Waals surface area (Å²) in [5, 5.41) is 2.88. The van der Waals surface area contributed by atoms with Crippen LogP contribution in [0.1, 0.15) is 46.1 Å². The Kier molecular flexibility index (Phi) is 8.71. The molecule has 1 aromatic rings. The van der Waals surface area contributed by atoms with E-state index in [0.717, 1.165) is 12.0 Å². The van der Waals surface area contributed by atoms with Gasteiger partial charge in [-0.25, -0.2) is 4.98 Å². The van der Waals surface area contributed by atoms with Gasteiger partial charge in [-0.3, -0.25) is 4.79 Å². The molecule has 1 rings (SSSR count). The maximum atomic E-state index is 12.5. The number of hydrogen-bond acceptors (Lipinski definition) is 5. The van der Waals surface area contributed by atoms with Crippen LogP contribution in [0.15, 0.2) is 12.3 Å². The van der Waals surface area contributed by atoms with E-state index in [1.54, 1.807) is 6.20 Å². The smallest absolute Gasteiger partial charge is 0.256 e. The highest BCUT2D eigenvalue weighted by Crippen LogP contribution is 2.22. The Morgan fingerprint density at radius 2 is 2.00 bits per heavy atom. The van der Waals surface area contributed by atoms with Crippen molar-refractivity contribution >= 4 is 11.6 Å². The Morgan fingerprint density at radius 3 is 2.58 bits per heavy atom. The Morgan fingerprint density at radius 1 is 1.25 bits per heavy atom. The molecule has 0 aliphatic carbocycles. The van der Waals surface area contributed by atoms with Crippen LogP contribution in [0.25, 0.3) is 0 Å². The summed E-state index contributed by atoms with van der Waals surface area (Å²) in [6.45, 7) is 11.8. The standard InChI is InChI=1S/C18H30N2O4/c1-6-9-24-18(5,7-2)17(21)20-15-12-14(4)16(19-13-15)23-11-10-22-8-3/h12-13H,6-11H2,1-5H3,(H,20,21)/t18-/m1/s1. The first-order valence-corrected chi connectivity index (χ1v) is 8.59. The molecule has 0 spiro atoms. The van der Waals surface area contributed by atoms with Gasteiger partial charge in [-0.1, -0.05) is 13.8 Å². The van der Waals surface area contributed by atoms with E-state index in [1.807, 2.05) is 40.7 Å². The average molecular weight is 338 g/mol. The Bertz CT molecular complexity index is 522. The average Bonchev–Trinajstić information content (AvgIpc) is 2.58. The molecule has 6 nitrogen and oxygen atoms in total. The van der Waals surface area contributed by atoms with E-state index in [0.29, 0.717) is 44.4 Å². The van der Waals surface area contributed by atoms with E-state index >= 15 is 0 Å². The van der Waals surface area contributed by atoms with Crippen LogP contribution in [0.5, 0.6) is 5.88 Å². The minimum atomic E-state index is -0.837. The summed E-state index contributed by atoms with van der Waals surface area (Å²) in [4.78, 5) is 16.8. The number of anilines is 1. The molecule has 0 aliphatic rings. The van der Waals surface area contributed by atoms with Crippen LogP contribution in [0.4, 0.5) is 5.69 Å². The minimum absolute atomic E-state index is 0.162. The number of pyridine rings is 1. The number of carbonyl (C=O) groups excluding carboxylic acids is 1. The van der Waals surface area contributed by atoms with Crippen LogP contribution in [-0.2, 0) is 14.3 Å². The van der Waals surface area contributed by atoms with Crippen LogP contribution in [-0.4, -0.2) is 42.9 Å². The largest absolute Gasteiger partial charge is 0.475 e. The zero-order valence-corrected chi connectivity index (χ0v) is 15.5. The number of amides is 1. The Labute approximate surface area is 144 Å². The van der Waals surface area contributed by atoms with Crippen molar-refractivity contribution in [2.24, 2.45) is 0 Å². The summed E-state index contributed by atoms with van der Waals surface area (Å²) < 4.78 is 16.5. The molecule has 1 aromatic heterocycles. The Hall–Kier alpha value is -1.66. The lowest BCUT2D eigenvalue weighted by Gasteiger charge is -2.27. The second-order valence-electron chi connectivity index (χ2n) is 5.78. The quantitative estimate of drug-likeness (QED) is 0.627. The predicted octanol–water partition coefficient (Wildman–Crippen LogP) is 3.34. The van der Waals surface area contributed by atoms with Gasteiger partial charge in [0.1, 0.15) is 12.2 Å². The summed E-state index contributed by atoms with van der Waals surface area (Å²) >= 11 is 0. The van der Waals surface area contributed by atoms with E-state index in [1.165, 1.54) is 0 Å². The van der Waals surface area contributed by atoms with Gasteiger partial charge in [-0.15, -0.1) is 0 Å². The molecule has 0 fully saturated rings. The molecule has 1 atom stereocenters. The number of nitrogens with zero attached hydrogens (tertiary/aromatic N) is 1. The third-order valence-electron chi connectivity index (χ3n) is 3.74. The molecule has 0 saturated carbocycles. The first-order chi connectivity index (χ1) is 11.5. The lowest BCUT2D eigenvalue weighted by atomic mass is 10.0. The van der Waals surface area contributed by atoms with E-state index < -0.39 is 5.60 Å². The molecule has 24 heavy (non-hydrogen) atoms. The molecule has 6 heteroatoms. The lowest BCUT2D eigenvalue weighted by Crippen LogP contribution is -2.42. The SMILES string of the molecule is CCCO[C@](C)(CC)C(=O)Nc1cnc(OCCOCC)c(C)c1. The fourth-order valence-corrected chi connectivity index (χ4v) is 2.04. The summed E-state index contributed by atoms with van der Waals surface area (Å²) in [5.74, 6) is 0.387. The van der Waals surface area contributed by atoms with Crippen molar-refractivity contribution in [3.05, 3.63) is 17.8 Å². The molecule has 0 aliphatic heterocycles. The molecule has 136 valence electrons. The molecule has 0 saturated heterocycles. The zero-order chi connectivity index (χ0) is 18.0. The molecule has 0 aromatic carbocycles. The fraction of sp³-hybridized carbons (Fsp3) is 0.667. The highest BCUT2D eigenvalue weighted by Gasteiger charge is 2.32. The maximum Gasteiger partial charge on any atom is 0.256 e. The first-order valence-electron chi connectivity index (χ1n) is 8.59. The van der Waals surface area contributed by atoms with Crippen molar-refractivity contribution in [3.8, 4) is 5.88 Å². The van der Waals surface area contributed by atoms with E-state index in [4.69, 9.17) is 14.2 Å². The molecule has 0 bridgehead atoms. The third-order valence-corrected chi connectivity index (χ3v) is 3.74. The van der Waals surface area contributed by atoms with Gasteiger partial charge in [0.2, 0.25) is 5.88 Å². The molecule has 0 radical (unpaired) electrons. The normalized spacial score (nSPS) is 13.4. The van der Waals surface area contributed by atoms with Crippen LogP contribution < -0.4 is 10.1 Å². The fourth-order valence-electron chi connectivity index (χ4n) is 2.04. The van der Waals surface area contributed by atoms with Crippen molar-refractivity contribution in [1.29, 1.82) is 0 Å². The molecule has 1 N–H and O–H groups in total. The first kappa shape index (κ1) is 20.4. The lowest BCUT2D eigenvalue weighted by molar-refractivity contribution is -0.139. The third kappa shape index (κ3) is 6.09. The highest BCUT2D eigenvalue weighted by atomic mass is 16.5. The summed E-state index contributed by atoms with van der Waals surface area (Å²) in [6.07, 6.45) is 3.07. The van der Waals surface area contributed by atoms with E-state index in [9.17, 15) is 4.79 Å².